The number of ether oxygens (including phenoxy) is 1. The van der Waals surface area contributed by atoms with Crippen molar-refractivity contribution in [3.63, 3.8) is 0 Å². The van der Waals surface area contributed by atoms with Gasteiger partial charge in [0, 0.05) is 13.8 Å². The molecule has 0 aliphatic rings. The SMILES string of the molecule is CCCCCCCCC[C@H](OC(C)=O)[C@@H](C)NC(C)=O. The summed E-state index contributed by atoms with van der Waals surface area (Å²) in [5.74, 6) is -0.371. The monoisotopic (exact) mass is 285 g/mol. The highest BCUT2D eigenvalue weighted by atomic mass is 16.5. The van der Waals surface area contributed by atoms with E-state index in [1.165, 1.54) is 46.0 Å². The van der Waals surface area contributed by atoms with Crippen LogP contribution in [0.3, 0.4) is 0 Å². The van der Waals surface area contributed by atoms with E-state index in [1.54, 1.807) is 0 Å². The van der Waals surface area contributed by atoms with Crippen molar-refractivity contribution in [3.05, 3.63) is 0 Å². The van der Waals surface area contributed by atoms with Crippen LogP contribution in [0.5, 0.6) is 0 Å². The third-order valence-electron chi connectivity index (χ3n) is 3.40. The maximum Gasteiger partial charge on any atom is 0.302 e. The van der Waals surface area contributed by atoms with E-state index in [9.17, 15) is 9.59 Å². The molecule has 0 saturated heterocycles. The number of hydrogen-bond donors (Lipinski definition) is 1. The van der Waals surface area contributed by atoms with Crippen LogP contribution in [0.25, 0.3) is 0 Å². The molecule has 20 heavy (non-hydrogen) atoms. The first-order valence-electron chi connectivity index (χ1n) is 7.91. The van der Waals surface area contributed by atoms with E-state index in [-0.39, 0.29) is 24.0 Å². The molecule has 0 aliphatic carbocycles. The van der Waals surface area contributed by atoms with Crippen LogP contribution in [0.15, 0.2) is 0 Å². The molecule has 1 amide bonds. The van der Waals surface area contributed by atoms with Crippen LogP contribution in [-0.4, -0.2) is 24.0 Å². The molecular formula is C16H31NO3. The van der Waals surface area contributed by atoms with Crippen LogP contribution in [-0.2, 0) is 14.3 Å². The van der Waals surface area contributed by atoms with Crippen LogP contribution in [0.1, 0.15) is 79.1 Å². The van der Waals surface area contributed by atoms with Crippen LogP contribution in [0, 0.1) is 0 Å². The summed E-state index contributed by atoms with van der Waals surface area (Å²) >= 11 is 0. The lowest BCUT2D eigenvalue weighted by molar-refractivity contribution is -0.148. The molecule has 0 radical (unpaired) electrons. The van der Waals surface area contributed by atoms with Crippen LogP contribution in [0.2, 0.25) is 0 Å². The fourth-order valence-corrected chi connectivity index (χ4v) is 2.34. The fraction of sp³-hybridized carbons (Fsp3) is 0.875. The van der Waals surface area contributed by atoms with Crippen molar-refractivity contribution in [1.82, 2.24) is 5.32 Å². The molecular weight excluding hydrogens is 254 g/mol. The maximum atomic E-state index is 11.1. The Kier molecular flexibility index (Phi) is 11.1. The van der Waals surface area contributed by atoms with Gasteiger partial charge in [-0.3, -0.25) is 9.59 Å². The topological polar surface area (TPSA) is 55.4 Å². The number of esters is 1. The average Bonchev–Trinajstić information content (AvgIpc) is 2.35. The second-order valence-electron chi connectivity index (χ2n) is 5.55. The molecule has 0 rings (SSSR count). The highest BCUT2D eigenvalue weighted by Crippen LogP contribution is 2.13. The molecule has 2 atom stereocenters. The van der Waals surface area contributed by atoms with E-state index >= 15 is 0 Å². The summed E-state index contributed by atoms with van der Waals surface area (Å²) in [5, 5.41) is 2.80. The summed E-state index contributed by atoms with van der Waals surface area (Å²) in [6.45, 7) is 7.00. The highest BCUT2D eigenvalue weighted by molar-refractivity contribution is 5.73. The zero-order chi connectivity index (χ0) is 15.4. The Hall–Kier alpha value is -1.06. The molecule has 4 nitrogen and oxygen atoms in total. The first-order chi connectivity index (χ1) is 9.47. The van der Waals surface area contributed by atoms with Gasteiger partial charge in [0.05, 0.1) is 6.04 Å². The second kappa shape index (κ2) is 11.7. The fourth-order valence-electron chi connectivity index (χ4n) is 2.34. The zero-order valence-corrected chi connectivity index (χ0v) is 13.5. The minimum atomic E-state index is -0.282. The molecule has 0 spiro atoms. The Bertz CT molecular complexity index is 279. The summed E-state index contributed by atoms with van der Waals surface area (Å²) in [4.78, 5) is 22.2. The van der Waals surface area contributed by atoms with Gasteiger partial charge in [0.25, 0.3) is 0 Å². The summed E-state index contributed by atoms with van der Waals surface area (Å²) in [5.41, 5.74) is 0. The van der Waals surface area contributed by atoms with Gasteiger partial charge in [0.15, 0.2) is 0 Å². The van der Waals surface area contributed by atoms with Crippen LogP contribution in [0.4, 0.5) is 0 Å². The quantitative estimate of drug-likeness (QED) is 0.466. The first-order valence-corrected chi connectivity index (χ1v) is 7.91. The summed E-state index contributed by atoms with van der Waals surface area (Å²) in [6.07, 6.45) is 9.21. The highest BCUT2D eigenvalue weighted by Gasteiger charge is 2.20. The van der Waals surface area contributed by atoms with Gasteiger partial charge in [-0.05, 0) is 19.8 Å². The van der Waals surface area contributed by atoms with Gasteiger partial charge < -0.3 is 10.1 Å². The third-order valence-corrected chi connectivity index (χ3v) is 3.40. The molecule has 0 aromatic heterocycles. The van der Waals surface area contributed by atoms with Crippen molar-refractivity contribution in [2.75, 3.05) is 0 Å². The molecule has 0 aromatic carbocycles. The summed E-state index contributed by atoms with van der Waals surface area (Å²) in [6, 6.07) is -0.128. The van der Waals surface area contributed by atoms with Crippen LogP contribution < -0.4 is 5.32 Å². The molecule has 0 bridgehead atoms. The van der Waals surface area contributed by atoms with Crippen molar-refractivity contribution in [2.45, 2.75) is 91.2 Å². The van der Waals surface area contributed by atoms with E-state index in [1.807, 2.05) is 6.92 Å². The van der Waals surface area contributed by atoms with Crippen molar-refractivity contribution < 1.29 is 14.3 Å². The Morgan fingerprint density at radius 2 is 1.55 bits per heavy atom. The molecule has 118 valence electrons. The number of nitrogens with one attached hydrogen (secondary N) is 1. The van der Waals surface area contributed by atoms with Crippen molar-refractivity contribution in [2.24, 2.45) is 0 Å². The van der Waals surface area contributed by atoms with Gasteiger partial charge in [-0.2, -0.15) is 0 Å². The minimum Gasteiger partial charge on any atom is -0.460 e. The lowest BCUT2D eigenvalue weighted by Crippen LogP contribution is -2.42. The Labute approximate surface area is 123 Å². The van der Waals surface area contributed by atoms with Gasteiger partial charge in [0.2, 0.25) is 5.91 Å². The van der Waals surface area contributed by atoms with Crippen molar-refractivity contribution >= 4 is 11.9 Å². The van der Waals surface area contributed by atoms with E-state index < -0.39 is 0 Å². The number of amides is 1. The molecule has 0 saturated carbocycles. The number of hydrogen-bond acceptors (Lipinski definition) is 3. The normalized spacial score (nSPS) is 13.6. The van der Waals surface area contributed by atoms with Crippen molar-refractivity contribution in [1.29, 1.82) is 0 Å². The van der Waals surface area contributed by atoms with E-state index in [0.29, 0.717) is 0 Å². The zero-order valence-electron chi connectivity index (χ0n) is 13.5. The van der Waals surface area contributed by atoms with E-state index in [0.717, 1.165) is 19.3 Å². The third kappa shape index (κ3) is 10.8. The molecule has 0 aromatic rings. The molecule has 0 unspecified atom stereocenters. The first kappa shape index (κ1) is 18.9. The smallest absolute Gasteiger partial charge is 0.302 e. The minimum absolute atomic E-state index is 0.0887. The lowest BCUT2D eigenvalue weighted by Gasteiger charge is -2.24. The Balaban J connectivity index is 3.92. The van der Waals surface area contributed by atoms with Crippen molar-refractivity contribution in [3.8, 4) is 0 Å². The molecule has 0 fully saturated rings. The summed E-state index contributed by atoms with van der Waals surface area (Å²) < 4.78 is 5.30. The van der Waals surface area contributed by atoms with Crippen LogP contribution >= 0.6 is 0 Å². The van der Waals surface area contributed by atoms with Gasteiger partial charge in [-0.25, -0.2) is 0 Å². The lowest BCUT2D eigenvalue weighted by atomic mass is 10.0. The number of carbonyl (C=O) groups is 2. The van der Waals surface area contributed by atoms with Gasteiger partial charge >= 0.3 is 5.97 Å². The van der Waals surface area contributed by atoms with Gasteiger partial charge in [0.1, 0.15) is 6.10 Å². The standard InChI is InChI=1S/C16H31NO3/c1-5-6-7-8-9-10-11-12-16(20-15(4)19)13(2)17-14(3)18/h13,16H,5-12H2,1-4H3,(H,17,18)/t13-,16+/m1/s1. The maximum absolute atomic E-state index is 11.1. The molecule has 0 aliphatic heterocycles. The predicted molar refractivity (Wildman–Crippen MR) is 81.4 cm³/mol. The largest absolute Gasteiger partial charge is 0.460 e. The number of unbranched alkanes of at least 4 members (excludes halogenated alkanes) is 6. The summed E-state index contributed by atoms with van der Waals surface area (Å²) in [7, 11) is 0. The van der Waals surface area contributed by atoms with Gasteiger partial charge in [-0.1, -0.05) is 45.4 Å². The predicted octanol–water partition coefficient (Wildman–Crippen LogP) is 3.58. The Morgan fingerprint density at radius 1 is 1.00 bits per heavy atom. The Morgan fingerprint density at radius 3 is 2.05 bits per heavy atom. The molecule has 0 heterocycles. The average molecular weight is 285 g/mol. The van der Waals surface area contributed by atoms with Gasteiger partial charge in [-0.15, -0.1) is 0 Å². The van der Waals surface area contributed by atoms with E-state index in [2.05, 4.69) is 12.2 Å². The number of rotatable bonds is 11. The molecule has 1 N–H and O–H groups in total. The second-order valence-corrected chi connectivity index (χ2v) is 5.55. The van der Waals surface area contributed by atoms with E-state index in [4.69, 9.17) is 4.74 Å². The number of carbonyl (C=O) groups excluding carboxylic acids is 2. The molecule has 4 heteroatoms.